The first-order valence-electron chi connectivity index (χ1n) is 11.1. The fourth-order valence-electron chi connectivity index (χ4n) is 5.04. The lowest BCUT2D eigenvalue weighted by molar-refractivity contribution is -0.109. The number of rotatable bonds is 6. The number of aryl methyl sites for hydroxylation is 1. The highest BCUT2D eigenvalue weighted by Crippen LogP contribution is 2.38. The predicted octanol–water partition coefficient (Wildman–Crippen LogP) is 4.04. The molecule has 1 saturated carbocycles. The molecule has 1 fully saturated rings. The second-order valence-corrected chi connectivity index (χ2v) is 8.51. The van der Waals surface area contributed by atoms with E-state index in [0.29, 0.717) is 17.7 Å². The zero-order valence-electron chi connectivity index (χ0n) is 17.8. The van der Waals surface area contributed by atoms with Crippen molar-refractivity contribution in [3.8, 4) is 11.4 Å². The highest BCUT2D eigenvalue weighted by Gasteiger charge is 2.27. The number of nitrogens with one attached hydrogen (secondary N) is 2. The van der Waals surface area contributed by atoms with Crippen molar-refractivity contribution in [2.24, 2.45) is 5.92 Å². The van der Waals surface area contributed by atoms with Crippen LogP contribution in [0.15, 0.2) is 36.7 Å². The van der Waals surface area contributed by atoms with Gasteiger partial charge in [0.05, 0.1) is 5.69 Å². The van der Waals surface area contributed by atoms with Gasteiger partial charge < -0.3 is 16.0 Å². The van der Waals surface area contributed by atoms with Crippen molar-refractivity contribution in [3.05, 3.63) is 48.0 Å². The van der Waals surface area contributed by atoms with E-state index in [1.54, 1.807) is 6.20 Å². The van der Waals surface area contributed by atoms with Crippen LogP contribution in [-0.2, 0) is 11.2 Å². The maximum Gasteiger partial charge on any atom is 0.207 e. The summed E-state index contributed by atoms with van der Waals surface area (Å²) in [6.07, 6.45) is 9.76. The number of carbonyl (C=O) groups excluding carboxylic acids is 1. The molecule has 0 saturated heterocycles. The number of hydrogen-bond donors (Lipinski definition) is 3. The number of nitrogens with two attached hydrogens (primary N) is 1. The first kappa shape index (κ1) is 19.6. The van der Waals surface area contributed by atoms with E-state index in [9.17, 15) is 4.79 Å². The third kappa shape index (κ3) is 3.44. The predicted molar refractivity (Wildman–Crippen MR) is 123 cm³/mol. The lowest BCUT2D eigenvalue weighted by Gasteiger charge is -2.27. The van der Waals surface area contributed by atoms with Crippen LogP contribution in [-0.4, -0.2) is 32.3 Å². The maximum absolute atomic E-state index is 10.6. The number of nitrogens with zero attached hydrogens (tertiary/aromatic N) is 3. The average molecular weight is 417 g/mol. The van der Waals surface area contributed by atoms with Gasteiger partial charge >= 0.3 is 0 Å². The number of amides is 1. The summed E-state index contributed by atoms with van der Waals surface area (Å²) in [6.45, 7) is 2.93. The van der Waals surface area contributed by atoms with Crippen molar-refractivity contribution in [1.29, 1.82) is 0 Å². The lowest BCUT2D eigenvalue weighted by atomic mass is 9.81. The van der Waals surface area contributed by atoms with Crippen LogP contribution in [0.25, 0.3) is 27.8 Å². The van der Waals surface area contributed by atoms with Gasteiger partial charge in [-0.2, -0.15) is 0 Å². The second-order valence-electron chi connectivity index (χ2n) is 8.51. The third-order valence-electron chi connectivity index (χ3n) is 6.69. The van der Waals surface area contributed by atoms with Gasteiger partial charge in [-0.15, -0.1) is 0 Å². The molecular formula is C24H28N6O. The lowest BCUT2D eigenvalue weighted by Crippen LogP contribution is -2.25. The molecule has 31 heavy (non-hydrogen) atoms. The molecule has 0 spiro atoms. The van der Waals surface area contributed by atoms with E-state index >= 15 is 0 Å². The van der Waals surface area contributed by atoms with Crippen molar-refractivity contribution in [2.45, 2.75) is 44.9 Å². The minimum absolute atomic E-state index is 0.367. The van der Waals surface area contributed by atoms with Crippen molar-refractivity contribution >= 4 is 28.6 Å². The SMILES string of the molecule is CCc1cccc2cc(-c3nc([C@H]4CC[C@H](CNC=O)CC4)n4ccnc(N)c34)[nH]c12. The quantitative estimate of drug-likeness (QED) is 0.413. The van der Waals surface area contributed by atoms with E-state index in [0.717, 1.165) is 73.3 Å². The molecule has 160 valence electrons. The Bertz CT molecular complexity index is 1230. The summed E-state index contributed by atoms with van der Waals surface area (Å²) in [5.74, 6) is 2.45. The van der Waals surface area contributed by atoms with Crippen LogP contribution in [0.1, 0.15) is 49.9 Å². The summed E-state index contributed by atoms with van der Waals surface area (Å²) in [5, 5.41) is 4.01. The summed E-state index contributed by atoms with van der Waals surface area (Å²) >= 11 is 0. The third-order valence-corrected chi connectivity index (χ3v) is 6.69. The summed E-state index contributed by atoms with van der Waals surface area (Å²) in [4.78, 5) is 23.7. The molecule has 7 heteroatoms. The number of carbonyl (C=O) groups is 1. The largest absolute Gasteiger partial charge is 0.382 e. The second kappa shape index (κ2) is 8.06. The van der Waals surface area contributed by atoms with Crippen LogP contribution in [0, 0.1) is 5.92 Å². The highest BCUT2D eigenvalue weighted by molar-refractivity contribution is 5.92. The Hall–Kier alpha value is -3.35. The fraction of sp³-hybridized carbons (Fsp3) is 0.375. The molecule has 1 aliphatic carbocycles. The fourth-order valence-corrected chi connectivity index (χ4v) is 5.04. The van der Waals surface area contributed by atoms with Gasteiger partial charge in [-0.25, -0.2) is 9.97 Å². The molecule has 3 heterocycles. The molecular weight excluding hydrogens is 388 g/mol. The number of fused-ring (bicyclic) bond motifs is 2. The number of para-hydroxylation sites is 1. The first-order valence-corrected chi connectivity index (χ1v) is 11.1. The normalized spacial score (nSPS) is 19.1. The van der Waals surface area contributed by atoms with Crippen molar-refractivity contribution in [1.82, 2.24) is 24.7 Å². The summed E-state index contributed by atoms with van der Waals surface area (Å²) in [5.41, 5.74) is 11.5. The molecule has 0 aliphatic heterocycles. The molecule has 4 N–H and O–H groups in total. The molecule has 0 atom stereocenters. The van der Waals surface area contributed by atoms with Crippen molar-refractivity contribution in [3.63, 3.8) is 0 Å². The average Bonchev–Trinajstić information content (AvgIpc) is 3.40. The van der Waals surface area contributed by atoms with Crippen LogP contribution >= 0.6 is 0 Å². The minimum atomic E-state index is 0.367. The number of aromatic nitrogens is 4. The van der Waals surface area contributed by atoms with E-state index in [-0.39, 0.29) is 0 Å². The molecule has 3 aromatic heterocycles. The monoisotopic (exact) mass is 416 g/mol. The Morgan fingerprint density at radius 2 is 2.13 bits per heavy atom. The summed E-state index contributed by atoms with van der Waals surface area (Å²) < 4.78 is 2.12. The Balaban J connectivity index is 1.56. The molecule has 5 rings (SSSR count). The van der Waals surface area contributed by atoms with Gasteiger partial charge in [0.2, 0.25) is 6.41 Å². The van der Waals surface area contributed by atoms with Crippen LogP contribution < -0.4 is 11.1 Å². The van der Waals surface area contributed by atoms with E-state index in [4.69, 9.17) is 10.7 Å². The number of imidazole rings is 1. The van der Waals surface area contributed by atoms with Gasteiger partial charge in [-0.05, 0) is 49.7 Å². The zero-order chi connectivity index (χ0) is 21.4. The van der Waals surface area contributed by atoms with Crippen LogP contribution in [0.2, 0.25) is 0 Å². The molecule has 4 aromatic rings. The highest BCUT2D eigenvalue weighted by atomic mass is 16.1. The number of H-pyrrole nitrogens is 1. The number of nitrogen functional groups attached to an aromatic ring is 1. The number of hydrogen-bond acceptors (Lipinski definition) is 4. The van der Waals surface area contributed by atoms with Gasteiger partial charge in [-0.1, -0.05) is 25.1 Å². The molecule has 1 amide bonds. The smallest absolute Gasteiger partial charge is 0.207 e. The molecule has 1 aromatic carbocycles. The standard InChI is InChI=1S/C24H28N6O/c1-2-16-4-3-5-18-12-19(28-20(16)18)21-22-23(25)27-10-11-30(22)24(29-21)17-8-6-15(7-9-17)13-26-14-31/h3-5,10-12,14-15,17,28H,2,6-9,13H2,1H3,(H2,25,27)(H,26,31)/t15-,17-. The van der Waals surface area contributed by atoms with Crippen molar-refractivity contribution in [2.75, 3.05) is 12.3 Å². The number of anilines is 1. The Morgan fingerprint density at radius 3 is 2.90 bits per heavy atom. The van der Waals surface area contributed by atoms with Crippen LogP contribution in [0.4, 0.5) is 5.82 Å². The molecule has 0 unspecified atom stereocenters. The van der Waals surface area contributed by atoms with E-state index in [1.165, 1.54) is 10.9 Å². The van der Waals surface area contributed by atoms with Crippen molar-refractivity contribution < 1.29 is 4.79 Å². The van der Waals surface area contributed by atoms with Crippen LogP contribution in [0.3, 0.4) is 0 Å². The molecule has 0 bridgehead atoms. The molecule has 7 nitrogen and oxygen atoms in total. The van der Waals surface area contributed by atoms with E-state index in [2.05, 4.69) is 50.9 Å². The van der Waals surface area contributed by atoms with Gasteiger partial charge in [0.25, 0.3) is 0 Å². The molecule has 0 radical (unpaired) electrons. The number of aromatic amines is 1. The maximum atomic E-state index is 10.6. The van der Waals surface area contributed by atoms with Gasteiger partial charge in [0.15, 0.2) is 0 Å². The van der Waals surface area contributed by atoms with Gasteiger partial charge in [0.1, 0.15) is 22.9 Å². The minimum Gasteiger partial charge on any atom is -0.382 e. The first-order chi connectivity index (χ1) is 15.2. The Kier molecular flexibility index (Phi) is 5.10. The van der Waals surface area contributed by atoms with E-state index in [1.807, 2.05) is 6.20 Å². The van der Waals surface area contributed by atoms with E-state index < -0.39 is 0 Å². The van der Waals surface area contributed by atoms with Gasteiger partial charge in [0, 0.05) is 35.8 Å². The summed E-state index contributed by atoms with van der Waals surface area (Å²) in [6, 6.07) is 8.55. The van der Waals surface area contributed by atoms with Crippen LogP contribution in [0.5, 0.6) is 0 Å². The number of benzene rings is 1. The zero-order valence-corrected chi connectivity index (χ0v) is 17.8. The summed E-state index contributed by atoms with van der Waals surface area (Å²) in [7, 11) is 0. The topological polar surface area (TPSA) is 101 Å². The molecule has 1 aliphatic rings. The van der Waals surface area contributed by atoms with Gasteiger partial charge in [-0.3, -0.25) is 9.20 Å². The Morgan fingerprint density at radius 1 is 1.29 bits per heavy atom. The Labute approximate surface area is 181 Å².